The van der Waals surface area contributed by atoms with Crippen LogP contribution in [0.15, 0.2) is 42.5 Å². The molecule has 0 atom stereocenters. The summed E-state index contributed by atoms with van der Waals surface area (Å²) in [7, 11) is 0. The maximum absolute atomic E-state index is 13.6. The number of hydrogen-bond donors (Lipinski definition) is 1. The van der Waals surface area contributed by atoms with Gasteiger partial charge in [0.1, 0.15) is 11.6 Å². The second kappa shape index (κ2) is 4.97. The van der Waals surface area contributed by atoms with Crippen LogP contribution in [-0.4, -0.2) is 15.8 Å². The summed E-state index contributed by atoms with van der Waals surface area (Å²) in [5.41, 5.74) is 1.22. The average Bonchev–Trinajstić information content (AvgIpc) is 2.80. The summed E-state index contributed by atoms with van der Waals surface area (Å²) >= 11 is 0. The fourth-order valence-electron chi connectivity index (χ4n) is 2.14. The zero-order valence-electron chi connectivity index (χ0n) is 11.1. The molecule has 1 aromatic heterocycles. The van der Waals surface area contributed by atoms with Gasteiger partial charge in [0.25, 0.3) is 0 Å². The van der Waals surface area contributed by atoms with Gasteiger partial charge >= 0.3 is 6.03 Å². The normalized spacial score (nSPS) is 10.8. The van der Waals surface area contributed by atoms with Gasteiger partial charge in [0.05, 0.1) is 16.9 Å². The highest BCUT2D eigenvalue weighted by atomic mass is 19.1. The third-order valence-corrected chi connectivity index (χ3v) is 3.14. The SMILES string of the molecule is Cc1nn(C(=O)Nc2ccc(F)cc2F)c2ccccc12. The van der Waals surface area contributed by atoms with Crippen LogP contribution in [0, 0.1) is 18.6 Å². The van der Waals surface area contributed by atoms with Crippen LogP contribution in [0.5, 0.6) is 0 Å². The lowest BCUT2D eigenvalue weighted by Gasteiger charge is -2.06. The molecule has 0 aliphatic heterocycles. The van der Waals surface area contributed by atoms with Crippen molar-refractivity contribution >= 4 is 22.6 Å². The number of hydrogen-bond acceptors (Lipinski definition) is 2. The molecule has 3 rings (SSSR count). The minimum atomic E-state index is -0.837. The second-order valence-electron chi connectivity index (χ2n) is 4.57. The number of nitrogens with one attached hydrogen (secondary N) is 1. The summed E-state index contributed by atoms with van der Waals surface area (Å²) in [5.74, 6) is -1.54. The Morgan fingerprint density at radius 3 is 2.71 bits per heavy atom. The van der Waals surface area contributed by atoms with Crippen LogP contribution < -0.4 is 5.32 Å². The number of carbonyl (C=O) groups is 1. The Morgan fingerprint density at radius 1 is 1.19 bits per heavy atom. The Hall–Kier alpha value is -2.76. The van der Waals surface area contributed by atoms with Crippen LogP contribution in [0.2, 0.25) is 0 Å². The zero-order chi connectivity index (χ0) is 15.0. The number of anilines is 1. The molecular weight excluding hydrogens is 276 g/mol. The van der Waals surface area contributed by atoms with E-state index in [1.54, 1.807) is 19.1 Å². The number of fused-ring (bicyclic) bond motifs is 1. The highest BCUT2D eigenvalue weighted by Gasteiger charge is 2.14. The molecule has 0 unspecified atom stereocenters. The molecule has 0 aliphatic carbocycles. The van der Waals surface area contributed by atoms with Gasteiger partial charge in [-0.3, -0.25) is 0 Å². The van der Waals surface area contributed by atoms with E-state index in [4.69, 9.17) is 0 Å². The molecular formula is C15H11F2N3O. The van der Waals surface area contributed by atoms with Gasteiger partial charge in [0, 0.05) is 11.5 Å². The van der Waals surface area contributed by atoms with E-state index >= 15 is 0 Å². The van der Waals surface area contributed by atoms with E-state index in [1.165, 1.54) is 6.07 Å². The van der Waals surface area contributed by atoms with Crippen molar-refractivity contribution in [1.29, 1.82) is 0 Å². The number of aromatic nitrogens is 2. The van der Waals surface area contributed by atoms with Gasteiger partial charge in [-0.2, -0.15) is 9.78 Å². The summed E-state index contributed by atoms with van der Waals surface area (Å²) in [6.45, 7) is 1.78. The highest BCUT2D eigenvalue weighted by Crippen LogP contribution is 2.19. The Labute approximate surface area is 119 Å². The Morgan fingerprint density at radius 2 is 1.95 bits per heavy atom. The molecule has 4 nitrogen and oxygen atoms in total. The fourth-order valence-corrected chi connectivity index (χ4v) is 2.14. The summed E-state index contributed by atoms with van der Waals surface area (Å²) in [5, 5.41) is 7.36. The van der Waals surface area contributed by atoms with Gasteiger partial charge in [-0.1, -0.05) is 18.2 Å². The van der Waals surface area contributed by atoms with Crippen LogP contribution >= 0.6 is 0 Å². The summed E-state index contributed by atoms with van der Waals surface area (Å²) in [4.78, 5) is 12.2. The molecule has 1 N–H and O–H groups in total. The Bertz CT molecular complexity index is 842. The molecule has 3 aromatic rings. The molecule has 106 valence electrons. The fraction of sp³-hybridized carbons (Fsp3) is 0.0667. The second-order valence-corrected chi connectivity index (χ2v) is 4.57. The molecule has 0 saturated heterocycles. The van der Waals surface area contributed by atoms with Gasteiger partial charge in [0.15, 0.2) is 0 Å². The number of rotatable bonds is 1. The lowest BCUT2D eigenvalue weighted by atomic mass is 10.2. The molecule has 0 saturated carbocycles. The highest BCUT2D eigenvalue weighted by molar-refractivity contribution is 5.98. The Kier molecular flexibility index (Phi) is 3.13. The first-order valence-corrected chi connectivity index (χ1v) is 6.27. The predicted molar refractivity (Wildman–Crippen MR) is 75.2 cm³/mol. The first kappa shape index (κ1) is 13.2. The number of amides is 1. The van der Waals surface area contributed by atoms with Crippen molar-refractivity contribution in [1.82, 2.24) is 9.78 Å². The topological polar surface area (TPSA) is 46.9 Å². The van der Waals surface area contributed by atoms with Crippen molar-refractivity contribution in [2.24, 2.45) is 0 Å². The first-order valence-electron chi connectivity index (χ1n) is 6.27. The van der Waals surface area contributed by atoms with Gasteiger partial charge < -0.3 is 5.32 Å². The van der Waals surface area contributed by atoms with Crippen LogP contribution in [0.4, 0.5) is 19.3 Å². The summed E-state index contributed by atoms with van der Waals surface area (Å²) in [6.07, 6.45) is 0. The zero-order valence-corrected chi connectivity index (χ0v) is 11.1. The van der Waals surface area contributed by atoms with Gasteiger partial charge in [-0.25, -0.2) is 13.6 Å². The van der Waals surface area contributed by atoms with Crippen LogP contribution in [0.3, 0.4) is 0 Å². The number of carbonyl (C=O) groups excluding carboxylic acids is 1. The summed E-state index contributed by atoms with van der Waals surface area (Å²) < 4.78 is 27.6. The smallest absolute Gasteiger partial charge is 0.303 e. The lowest BCUT2D eigenvalue weighted by molar-refractivity contribution is 0.251. The van der Waals surface area contributed by atoms with Crippen LogP contribution in [0.25, 0.3) is 10.9 Å². The predicted octanol–water partition coefficient (Wildman–Crippen LogP) is 3.70. The van der Waals surface area contributed by atoms with E-state index in [2.05, 4.69) is 10.4 Å². The van der Waals surface area contributed by atoms with E-state index in [9.17, 15) is 13.6 Å². The molecule has 0 radical (unpaired) electrons. The molecule has 0 fully saturated rings. The molecule has 6 heteroatoms. The number of aryl methyl sites for hydroxylation is 1. The van der Waals surface area contributed by atoms with Crippen LogP contribution in [-0.2, 0) is 0 Å². The van der Waals surface area contributed by atoms with Crippen molar-refractivity contribution in [2.75, 3.05) is 5.32 Å². The minimum absolute atomic E-state index is 0.0985. The molecule has 1 heterocycles. The van der Waals surface area contributed by atoms with E-state index in [0.29, 0.717) is 17.3 Å². The van der Waals surface area contributed by atoms with Gasteiger partial charge in [0.2, 0.25) is 0 Å². The number of nitrogens with zero attached hydrogens (tertiary/aromatic N) is 2. The molecule has 0 bridgehead atoms. The summed E-state index contributed by atoms with van der Waals surface area (Å²) in [6, 6.07) is 9.57. The van der Waals surface area contributed by atoms with Gasteiger partial charge in [-0.15, -0.1) is 0 Å². The third kappa shape index (κ3) is 2.35. The molecule has 21 heavy (non-hydrogen) atoms. The number of benzene rings is 2. The third-order valence-electron chi connectivity index (χ3n) is 3.14. The van der Waals surface area contributed by atoms with E-state index in [0.717, 1.165) is 16.1 Å². The van der Waals surface area contributed by atoms with Crippen molar-refractivity contribution < 1.29 is 13.6 Å². The minimum Gasteiger partial charge on any atom is -0.303 e. The van der Waals surface area contributed by atoms with Crippen molar-refractivity contribution in [3.63, 3.8) is 0 Å². The van der Waals surface area contributed by atoms with Crippen LogP contribution in [0.1, 0.15) is 5.69 Å². The maximum Gasteiger partial charge on any atom is 0.347 e. The van der Waals surface area contributed by atoms with Gasteiger partial charge in [-0.05, 0) is 25.1 Å². The average molecular weight is 287 g/mol. The molecule has 1 amide bonds. The monoisotopic (exact) mass is 287 g/mol. The molecule has 0 aliphatic rings. The van der Waals surface area contributed by atoms with E-state index in [-0.39, 0.29) is 5.69 Å². The molecule has 2 aromatic carbocycles. The maximum atomic E-state index is 13.6. The lowest BCUT2D eigenvalue weighted by Crippen LogP contribution is -2.21. The number of halogens is 2. The van der Waals surface area contributed by atoms with Crippen molar-refractivity contribution in [3.8, 4) is 0 Å². The first-order chi connectivity index (χ1) is 10.1. The number of para-hydroxylation sites is 1. The quantitative estimate of drug-likeness (QED) is 0.741. The standard InChI is InChI=1S/C15H11F2N3O/c1-9-11-4-2-3-5-14(11)20(19-9)15(21)18-13-7-6-10(16)8-12(13)17/h2-8H,1H3,(H,18,21). The largest absolute Gasteiger partial charge is 0.347 e. The van der Waals surface area contributed by atoms with E-state index in [1.807, 2.05) is 12.1 Å². The Balaban J connectivity index is 1.98. The molecule has 0 spiro atoms. The van der Waals surface area contributed by atoms with Crippen molar-refractivity contribution in [2.45, 2.75) is 6.92 Å². The van der Waals surface area contributed by atoms with Crippen molar-refractivity contribution in [3.05, 3.63) is 59.8 Å². The van der Waals surface area contributed by atoms with E-state index < -0.39 is 17.7 Å².